The highest BCUT2D eigenvalue weighted by molar-refractivity contribution is 5.23. The second-order valence-electron chi connectivity index (χ2n) is 6.53. The van der Waals surface area contributed by atoms with Gasteiger partial charge in [0.2, 0.25) is 0 Å². The van der Waals surface area contributed by atoms with Gasteiger partial charge in [0.15, 0.2) is 0 Å². The number of likely N-dealkylation sites (tertiary alicyclic amines) is 1. The van der Waals surface area contributed by atoms with E-state index < -0.39 is 0 Å². The third-order valence-electron chi connectivity index (χ3n) is 4.85. The average molecular weight is 287 g/mol. The van der Waals surface area contributed by atoms with Crippen molar-refractivity contribution in [1.29, 1.82) is 0 Å². The lowest BCUT2D eigenvalue weighted by Gasteiger charge is -2.32. The van der Waals surface area contributed by atoms with E-state index in [1.807, 2.05) is 0 Å². The number of hydrogen-bond acceptors (Lipinski definition) is 3. The zero-order chi connectivity index (χ0) is 14.5. The van der Waals surface area contributed by atoms with Gasteiger partial charge in [-0.25, -0.2) is 0 Å². The molecule has 0 radical (unpaired) electrons. The van der Waals surface area contributed by atoms with Gasteiger partial charge in [-0.1, -0.05) is 37.6 Å². The van der Waals surface area contributed by atoms with Gasteiger partial charge >= 0.3 is 0 Å². The standard InChI is InChI=1S/C18H29N3/c1-2-4-16-5-3-6-17(13-16)14-20-10-7-18(15-20)21-11-8-19-9-12-21/h3,5-6,13,18-19H,2,4,7-12,14-15H2,1H3. The number of hydrogen-bond donors (Lipinski definition) is 1. The Kier molecular flexibility index (Phi) is 5.28. The summed E-state index contributed by atoms with van der Waals surface area (Å²) in [4.78, 5) is 5.32. The van der Waals surface area contributed by atoms with Crippen LogP contribution in [0.1, 0.15) is 30.9 Å². The van der Waals surface area contributed by atoms with Crippen LogP contribution in [0.25, 0.3) is 0 Å². The molecule has 0 saturated carbocycles. The number of nitrogens with one attached hydrogen (secondary N) is 1. The summed E-state index contributed by atoms with van der Waals surface area (Å²) in [5, 5.41) is 3.45. The lowest BCUT2D eigenvalue weighted by molar-refractivity contribution is 0.170. The zero-order valence-electron chi connectivity index (χ0n) is 13.4. The highest BCUT2D eigenvalue weighted by Gasteiger charge is 2.28. The van der Waals surface area contributed by atoms with Crippen LogP contribution in [0.2, 0.25) is 0 Å². The van der Waals surface area contributed by atoms with Crippen LogP contribution in [0.4, 0.5) is 0 Å². The van der Waals surface area contributed by atoms with Gasteiger partial charge in [0, 0.05) is 51.9 Å². The van der Waals surface area contributed by atoms with Gasteiger partial charge in [0.25, 0.3) is 0 Å². The van der Waals surface area contributed by atoms with E-state index in [2.05, 4.69) is 46.3 Å². The number of benzene rings is 1. The van der Waals surface area contributed by atoms with Gasteiger partial charge in [0.1, 0.15) is 0 Å². The molecule has 116 valence electrons. The minimum atomic E-state index is 0.783. The molecule has 1 aromatic rings. The highest BCUT2D eigenvalue weighted by atomic mass is 15.3. The average Bonchev–Trinajstić information content (AvgIpc) is 2.97. The van der Waals surface area contributed by atoms with E-state index >= 15 is 0 Å². The minimum Gasteiger partial charge on any atom is -0.314 e. The maximum absolute atomic E-state index is 3.45. The molecule has 0 aromatic heterocycles. The fourth-order valence-corrected chi connectivity index (χ4v) is 3.73. The maximum Gasteiger partial charge on any atom is 0.0236 e. The smallest absolute Gasteiger partial charge is 0.0236 e. The second-order valence-corrected chi connectivity index (χ2v) is 6.53. The Balaban J connectivity index is 1.53. The van der Waals surface area contributed by atoms with Gasteiger partial charge in [-0.15, -0.1) is 0 Å². The molecule has 2 aliphatic heterocycles. The first-order valence-electron chi connectivity index (χ1n) is 8.60. The Bertz CT molecular complexity index is 440. The van der Waals surface area contributed by atoms with Gasteiger partial charge in [0.05, 0.1) is 0 Å². The van der Waals surface area contributed by atoms with Crippen molar-refractivity contribution in [3.8, 4) is 0 Å². The predicted molar refractivity (Wildman–Crippen MR) is 88.6 cm³/mol. The summed E-state index contributed by atoms with van der Waals surface area (Å²) in [6, 6.07) is 9.97. The van der Waals surface area contributed by atoms with E-state index in [1.165, 1.54) is 56.6 Å². The molecule has 1 N–H and O–H groups in total. The molecule has 2 saturated heterocycles. The molecular formula is C18H29N3. The molecule has 3 heteroatoms. The van der Waals surface area contributed by atoms with Crippen LogP contribution in [0.3, 0.4) is 0 Å². The Morgan fingerprint density at radius 2 is 1.95 bits per heavy atom. The fourth-order valence-electron chi connectivity index (χ4n) is 3.73. The highest BCUT2D eigenvalue weighted by Crippen LogP contribution is 2.19. The first-order chi connectivity index (χ1) is 10.3. The van der Waals surface area contributed by atoms with Crippen LogP contribution < -0.4 is 5.32 Å². The van der Waals surface area contributed by atoms with Crippen LogP contribution in [0.5, 0.6) is 0 Å². The monoisotopic (exact) mass is 287 g/mol. The molecule has 3 nitrogen and oxygen atoms in total. The van der Waals surface area contributed by atoms with Crippen molar-refractivity contribution in [3.63, 3.8) is 0 Å². The zero-order valence-corrected chi connectivity index (χ0v) is 13.4. The molecule has 2 heterocycles. The Labute approximate surface area is 129 Å². The lowest BCUT2D eigenvalue weighted by Crippen LogP contribution is -2.49. The quantitative estimate of drug-likeness (QED) is 0.895. The van der Waals surface area contributed by atoms with Crippen LogP contribution >= 0.6 is 0 Å². The first-order valence-corrected chi connectivity index (χ1v) is 8.60. The Hall–Kier alpha value is -0.900. The van der Waals surface area contributed by atoms with Gasteiger partial charge in [-0.05, 0) is 24.0 Å². The summed E-state index contributed by atoms with van der Waals surface area (Å²) >= 11 is 0. The minimum absolute atomic E-state index is 0.783. The van der Waals surface area contributed by atoms with Crippen LogP contribution in [-0.4, -0.2) is 55.1 Å². The number of rotatable bonds is 5. The SMILES string of the molecule is CCCc1cccc(CN2CCC(N3CCNCC3)C2)c1. The molecule has 1 atom stereocenters. The normalized spacial score (nSPS) is 24.5. The van der Waals surface area contributed by atoms with E-state index in [1.54, 1.807) is 0 Å². The molecule has 0 aliphatic carbocycles. The lowest BCUT2D eigenvalue weighted by atomic mass is 10.1. The molecule has 0 bridgehead atoms. The third kappa shape index (κ3) is 4.06. The predicted octanol–water partition coefficient (Wildman–Crippen LogP) is 2.12. The van der Waals surface area contributed by atoms with E-state index in [0.29, 0.717) is 0 Å². The third-order valence-corrected chi connectivity index (χ3v) is 4.85. The van der Waals surface area contributed by atoms with Gasteiger partial charge in [-0.3, -0.25) is 9.80 Å². The second kappa shape index (κ2) is 7.39. The van der Waals surface area contributed by atoms with Crippen LogP contribution in [0, 0.1) is 0 Å². The fraction of sp³-hybridized carbons (Fsp3) is 0.667. The molecular weight excluding hydrogens is 258 g/mol. The summed E-state index contributed by atoms with van der Waals surface area (Å²) in [5.74, 6) is 0. The van der Waals surface area contributed by atoms with Crippen molar-refractivity contribution in [3.05, 3.63) is 35.4 Å². The summed E-state index contributed by atoms with van der Waals surface area (Å²) in [6.07, 6.45) is 3.78. The molecule has 3 rings (SSSR count). The molecule has 1 unspecified atom stereocenters. The van der Waals surface area contributed by atoms with Crippen molar-refractivity contribution in [2.24, 2.45) is 0 Å². The van der Waals surface area contributed by atoms with Crippen molar-refractivity contribution in [1.82, 2.24) is 15.1 Å². The van der Waals surface area contributed by atoms with Gasteiger partial charge in [-0.2, -0.15) is 0 Å². The molecule has 2 aliphatic rings. The summed E-state index contributed by atoms with van der Waals surface area (Å²) in [6.45, 7) is 10.7. The van der Waals surface area contributed by atoms with Crippen molar-refractivity contribution in [2.45, 2.75) is 38.8 Å². The van der Waals surface area contributed by atoms with Crippen molar-refractivity contribution in [2.75, 3.05) is 39.3 Å². The summed E-state index contributed by atoms with van der Waals surface area (Å²) < 4.78 is 0. The van der Waals surface area contributed by atoms with Crippen molar-refractivity contribution >= 4 is 0 Å². The molecule has 1 aromatic carbocycles. The number of nitrogens with zero attached hydrogens (tertiary/aromatic N) is 2. The topological polar surface area (TPSA) is 18.5 Å². The molecule has 21 heavy (non-hydrogen) atoms. The summed E-state index contributed by atoms with van der Waals surface area (Å²) in [7, 11) is 0. The van der Waals surface area contributed by atoms with E-state index in [0.717, 1.165) is 25.7 Å². The van der Waals surface area contributed by atoms with Crippen LogP contribution in [-0.2, 0) is 13.0 Å². The number of aryl methyl sites for hydroxylation is 1. The maximum atomic E-state index is 3.45. The van der Waals surface area contributed by atoms with Crippen LogP contribution in [0.15, 0.2) is 24.3 Å². The molecule has 0 spiro atoms. The largest absolute Gasteiger partial charge is 0.314 e. The first kappa shape index (κ1) is 15.0. The van der Waals surface area contributed by atoms with E-state index in [-0.39, 0.29) is 0 Å². The Morgan fingerprint density at radius 1 is 1.14 bits per heavy atom. The van der Waals surface area contributed by atoms with E-state index in [9.17, 15) is 0 Å². The van der Waals surface area contributed by atoms with Crippen molar-refractivity contribution < 1.29 is 0 Å². The Morgan fingerprint density at radius 3 is 2.76 bits per heavy atom. The summed E-state index contributed by atoms with van der Waals surface area (Å²) in [5.41, 5.74) is 2.98. The number of piperazine rings is 1. The molecule has 0 amide bonds. The van der Waals surface area contributed by atoms with Gasteiger partial charge < -0.3 is 5.32 Å². The molecule has 2 fully saturated rings. The van der Waals surface area contributed by atoms with E-state index in [4.69, 9.17) is 0 Å².